The molecular weight excluding hydrogens is 251 g/mol. The maximum atomic E-state index is 13.7. The summed E-state index contributed by atoms with van der Waals surface area (Å²) >= 11 is 4.81. The summed E-state index contributed by atoms with van der Waals surface area (Å²) in [5, 5.41) is 0. The van der Waals surface area contributed by atoms with Gasteiger partial charge in [0.25, 0.3) is 0 Å². The normalized spacial score (nSPS) is 10.1. The number of nitrogens with zero attached hydrogens (tertiary/aromatic N) is 1. The van der Waals surface area contributed by atoms with Gasteiger partial charge in [-0.2, -0.15) is 0 Å². The van der Waals surface area contributed by atoms with Crippen molar-refractivity contribution in [2.75, 3.05) is 0 Å². The highest BCUT2D eigenvalue weighted by Gasteiger charge is 2.07. The summed E-state index contributed by atoms with van der Waals surface area (Å²) in [6, 6.07) is 8.21. The van der Waals surface area contributed by atoms with Crippen molar-refractivity contribution < 1.29 is 9.13 Å². The summed E-state index contributed by atoms with van der Waals surface area (Å²) in [6.07, 6.45) is 1.49. The smallest absolute Gasteiger partial charge is 0.219 e. The van der Waals surface area contributed by atoms with E-state index in [0.29, 0.717) is 17.0 Å². The second kappa shape index (κ2) is 5.10. The molecule has 2 N–H and O–H groups in total. The average molecular weight is 262 g/mol. The minimum Gasteiger partial charge on any atom is -0.436 e. The summed E-state index contributed by atoms with van der Waals surface area (Å²) in [7, 11) is 0. The SMILES string of the molecule is Cc1cccc(Oc2ccc(C(N)=S)cn2)c1F. The molecule has 1 aromatic heterocycles. The van der Waals surface area contributed by atoms with Crippen molar-refractivity contribution in [3.05, 3.63) is 53.5 Å². The van der Waals surface area contributed by atoms with E-state index in [4.69, 9.17) is 22.7 Å². The van der Waals surface area contributed by atoms with Crippen LogP contribution in [0.3, 0.4) is 0 Å². The van der Waals surface area contributed by atoms with Gasteiger partial charge < -0.3 is 10.5 Å². The molecule has 2 aromatic rings. The van der Waals surface area contributed by atoms with E-state index >= 15 is 0 Å². The van der Waals surface area contributed by atoms with E-state index < -0.39 is 5.82 Å². The molecule has 0 aliphatic heterocycles. The Morgan fingerprint density at radius 2 is 2.11 bits per heavy atom. The lowest BCUT2D eigenvalue weighted by Crippen LogP contribution is -2.09. The minimum absolute atomic E-state index is 0.144. The van der Waals surface area contributed by atoms with Gasteiger partial charge in [0.15, 0.2) is 11.6 Å². The number of rotatable bonds is 3. The maximum absolute atomic E-state index is 13.7. The number of thiocarbonyl (C=S) groups is 1. The first-order chi connectivity index (χ1) is 8.58. The molecule has 0 fully saturated rings. The van der Waals surface area contributed by atoms with Crippen LogP contribution in [0.15, 0.2) is 36.5 Å². The van der Waals surface area contributed by atoms with Gasteiger partial charge in [0.2, 0.25) is 5.88 Å². The third kappa shape index (κ3) is 2.62. The van der Waals surface area contributed by atoms with Crippen molar-refractivity contribution in [3.8, 4) is 11.6 Å². The van der Waals surface area contributed by atoms with Crippen LogP contribution in [0.2, 0.25) is 0 Å². The molecule has 0 saturated heterocycles. The lowest BCUT2D eigenvalue weighted by molar-refractivity contribution is 0.425. The number of aryl methyl sites for hydroxylation is 1. The summed E-state index contributed by atoms with van der Waals surface area (Å²) in [5.41, 5.74) is 6.61. The third-order valence-electron chi connectivity index (χ3n) is 2.39. The van der Waals surface area contributed by atoms with E-state index in [9.17, 15) is 4.39 Å². The first kappa shape index (κ1) is 12.4. The van der Waals surface area contributed by atoms with Gasteiger partial charge in [0, 0.05) is 17.8 Å². The molecule has 0 radical (unpaired) electrons. The van der Waals surface area contributed by atoms with Crippen LogP contribution in [0.1, 0.15) is 11.1 Å². The second-order valence-electron chi connectivity index (χ2n) is 3.74. The average Bonchev–Trinajstić information content (AvgIpc) is 2.36. The van der Waals surface area contributed by atoms with Gasteiger partial charge in [-0.05, 0) is 24.6 Å². The van der Waals surface area contributed by atoms with Crippen molar-refractivity contribution in [3.63, 3.8) is 0 Å². The standard InChI is InChI=1S/C13H11FN2OS/c1-8-3-2-4-10(12(8)14)17-11-6-5-9(7-16-11)13(15)18/h2-7H,1H3,(H2,15,18). The molecule has 0 saturated carbocycles. The van der Waals surface area contributed by atoms with E-state index in [0.717, 1.165) is 0 Å². The number of nitrogens with two attached hydrogens (primary N) is 1. The van der Waals surface area contributed by atoms with E-state index in [-0.39, 0.29) is 10.7 Å². The predicted octanol–water partition coefficient (Wildman–Crippen LogP) is 2.96. The molecule has 0 aliphatic carbocycles. The van der Waals surface area contributed by atoms with E-state index in [1.807, 2.05) is 0 Å². The maximum Gasteiger partial charge on any atom is 0.219 e. The van der Waals surface area contributed by atoms with Gasteiger partial charge in [0.05, 0.1) is 0 Å². The largest absolute Gasteiger partial charge is 0.436 e. The molecule has 0 unspecified atom stereocenters. The highest BCUT2D eigenvalue weighted by Crippen LogP contribution is 2.24. The van der Waals surface area contributed by atoms with E-state index in [2.05, 4.69) is 4.98 Å². The summed E-state index contributed by atoms with van der Waals surface area (Å²) in [6.45, 7) is 1.67. The highest BCUT2D eigenvalue weighted by atomic mass is 32.1. The molecule has 5 heteroatoms. The van der Waals surface area contributed by atoms with Crippen LogP contribution >= 0.6 is 12.2 Å². The number of benzene rings is 1. The van der Waals surface area contributed by atoms with Gasteiger partial charge in [0.1, 0.15) is 4.99 Å². The van der Waals surface area contributed by atoms with Crippen LogP contribution in [0.25, 0.3) is 0 Å². The van der Waals surface area contributed by atoms with E-state index in [1.54, 1.807) is 37.3 Å². The second-order valence-corrected chi connectivity index (χ2v) is 4.18. The van der Waals surface area contributed by atoms with Crippen LogP contribution in [0, 0.1) is 12.7 Å². The fourth-order valence-electron chi connectivity index (χ4n) is 1.40. The van der Waals surface area contributed by atoms with Crippen molar-refractivity contribution in [1.29, 1.82) is 0 Å². The van der Waals surface area contributed by atoms with Crippen molar-refractivity contribution >= 4 is 17.2 Å². The Labute approximate surface area is 109 Å². The minimum atomic E-state index is -0.391. The molecular formula is C13H11FN2OS. The summed E-state index contributed by atoms with van der Waals surface area (Å²) in [4.78, 5) is 4.27. The van der Waals surface area contributed by atoms with Crippen molar-refractivity contribution in [1.82, 2.24) is 4.98 Å². The Kier molecular flexibility index (Phi) is 3.53. The first-order valence-electron chi connectivity index (χ1n) is 5.27. The van der Waals surface area contributed by atoms with Crippen LogP contribution in [-0.4, -0.2) is 9.97 Å². The number of hydrogen-bond acceptors (Lipinski definition) is 3. The van der Waals surface area contributed by atoms with Gasteiger partial charge >= 0.3 is 0 Å². The Morgan fingerprint density at radius 1 is 1.33 bits per heavy atom. The first-order valence-corrected chi connectivity index (χ1v) is 5.67. The molecule has 0 amide bonds. The van der Waals surface area contributed by atoms with Gasteiger partial charge in [-0.3, -0.25) is 0 Å². The zero-order valence-electron chi connectivity index (χ0n) is 9.68. The predicted molar refractivity (Wildman–Crippen MR) is 71.3 cm³/mol. The van der Waals surface area contributed by atoms with Crippen molar-refractivity contribution in [2.45, 2.75) is 6.92 Å². The molecule has 1 heterocycles. The summed E-state index contributed by atoms with van der Waals surface area (Å²) in [5.74, 6) is 0.0443. The number of aromatic nitrogens is 1. The molecule has 0 atom stereocenters. The highest BCUT2D eigenvalue weighted by molar-refractivity contribution is 7.80. The number of ether oxygens (including phenoxy) is 1. The molecule has 0 aliphatic rings. The quantitative estimate of drug-likeness (QED) is 0.864. The van der Waals surface area contributed by atoms with E-state index in [1.165, 1.54) is 6.20 Å². The molecule has 1 aromatic carbocycles. The molecule has 3 nitrogen and oxygen atoms in total. The zero-order valence-corrected chi connectivity index (χ0v) is 10.5. The molecule has 0 bridgehead atoms. The van der Waals surface area contributed by atoms with Gasteiger partial charge in [-0.1, -0.05) is 24.4 Å². The van der Waals surface area contributed by atoms with Crippen molar-refractivity contribution in [2.24, 2.45) is 5.73 Å². The molecule has 2 rings (SSSR count). The third-order valence-corrected chi connectivity index (χ3v) is 2.63. The Hall–Kier alpha value is -2.01. The number of halogens is 1. The lowest BCUT2D eigenvalue weighted by Gasteiger charge is -2.07. The van der Waals surface area contributed by atoms with Gasteiger partial charge in [-0.15, -0.1) is 0 Å². The fourth-order valence-corrected chi connectivity index (χ4v) is 1.52. The van der Waals surface area contributed by atoms with Crippen LogP contribution in [0.4, 0.5) is 4.39 Å². The van der Waals surface area contributed by atoms with Crippen LogP contribution in [0.5, 0.6) is 11.6 Å². The fraction of sp³-hybridized carbons (Fsp3) is 0.0769. The van der Waals surface area contributed by atoms with Crippen LogP contribution in [-0.2, 0) is 0 Å². The monoisotopic (exact) mass is 262 g/mol. The molecule has 92 valence electrons. The molecule has 0 spiro atoms. The number of hydrogen-bond donors (Lipinski definition) is 1. The zero-order chi connectivity index (χ0) is 13.1. The molecule has 18 heavy (non-hydrogen) atoms. The Balaban J connectivity index is 2.24. The van der Waals surface area contributed by atoms with Gasteiger partial charge in [-0.25, -0.2) is 9.37 Å². The Bertz CT molecular complexity index is 584. The topological polar surface area (TPSA) is 48.1 Å². The summed E-state index contributed by atoms with van der Waals surface area (Å²) < 4.78 is 19.1. The lowest BCUT2D eigenvalue weighted by atomic mass is 10.2. The van der Waals surface area contributed by atoms with Crippen LogP contribution < -0.4 is 10.5 Å². The number of pyridine rings is 1. The Morgan fingerprint density at radius 3 is 2.72 bits per heavy atom.